The lowest BCUT2D eigenvalue weighted by Crippen LogP contribution is -2.09. The number of nitrogens with zero attached hydrogens (tertiary/aromatic N) is 2. The first-order chi connectivity index (χ1) is 25.2. The molecule has 9 rings (SSSR count). The van der Waals surface area contributed by atoms with Crippen LogP contribution in [-0.4, -0.2) is 4.57 Å². The van der Waals surface area contributed by atoms with Crippen LogP contribution in [-0.2, 0) is 7.05 Å². The molecule has 0 spiro atoms. The first-order valence-corrected chi connectivity index (χ1v) is 17.5. The Morgan fingerprint density at radius 2 is 0.804 bits per heavy atom. The second-order valence-corrected chi connectivity index (χ2v) is 13.0. The molecule has 0 fully saturated rings. The summed E-state index contributed by atoms with van der Waals surface area (Å²) >= 11 is 0. The van der Waals surface area contributed by atoms with E-state index in [4.69, 9.17) is 0 Å². The number of fused-ring (bicyclic) bond motifs is 3. The second kappa shape index (κ2) is 13.0. The van der Waals surface area contributed by atoms with Gasteiger partial charge < -0.3 is 9.47 Å². The summed E-state index contributed by atoms with van der Waals surface area (Å²) in [4.78, 5) is 2.37. The lowest BCUT2D eigenvalue weighted by atomic mass is 9.95. The van der Waals surface area contributed by atoms with E-state index < -0.39 is 0 Å². The summed E-state index contributed by atoms with van der Waals surface area (Å²) < 4.78 is 2.36. The minimum Gasteiger partial charge on any atom is -0.343 e. The highest BCUT2D eigenvalue weighted by Crippen LogP contribution is 2.45. The van der Waals surface area contributed by atoms with Crippen LogP contribution in [0.15, 0.2) is 200 Å². The minimum absolute atomic E-state index is 1.11. The molecule has 2 heteroatoms. The summed E-state index contributed by atoms with van der Waals surface area (Å²) in [6.07, 6.45) is 0. The molecule has 0 saturated heterocycles. The maximum absolute atomic E-state index is 2.37. The van der Waals surface area contributed by atoms with E-state index in [0.29, 0.717) is 0 Å². The van der Waals surface area contributed by atoms with Gasteiger partial charge in [0.2, 0.25) is 0 Å². The average molecular weight is 653 g/mol. The van der Waals surface area contributed by atoms with Crippen LogP contribution in [0.2, 0.25) is 0 Å². The van der Waals surface area contributed by atoms with Crippen LogP contribution in [0.4, 0.5) is 17.1 Å². The largest absolute Gasteiger partial charge is 0.343 e. The molecular formula is C49H36N2. The van der Waals surface area contributed by atoms with Gasteiger partial charge in [-0.2, -0.15) is 0 Å². The number of benzene rings is 8. The van der Waals surface area contributed by atoms with Crippen molar-refractivity contribution >= 4 is 38.7 Å². The van der Waals surface area contributed by atoms with Crippen molar-refractivity contribution in [2.75, 3.05) is 4.90 Å². The van der Waals surface area contributed by atoms with E-state index in [9.17, 15) is 0 Å². The molecule has 242 valence electrons. The molecule has 1 heterocycles. The molecule has 0 unspecified atom stereocenters. The van der Waals surface area contributed by atoms with Gasteiger partial charge in [0.15, 0.2) is 0 Å². The van der Waals surface area contributed by atoms with Crippen LogP contribution < -0.4 is 4.90 Å². The summed E-state index contributed by atoms with van der Waals surface area (Å²) in [6, 6.07) is 72.1. The van der Waals surface area contributed by atoms with Crippen molar-refractivity contribution < 1.29 is 0 Å². The van der Waals surface area contributed by atoms with E-state index in [2.05, 4.69) is 217 Å². The minimum atomic E-state index is 1.11. The zero-order valence-electron chi connectivity index (χ0n) is 28.4. The van der Waals surface area contributed by atoms with Crippen molar-refractivity contribution in [2.24, 2.45) is 7.05 Å². The van der Waals surface area contributed by atoms with E-state index >= 15 is 0 Å². The Labute approximate surface area is 299 Å². The molecule has 0 N–H and O–H groups in total. The summed E-state index contributed by atoms with van der Waals surface area (Å²) in [5, 5.41) is 3.72. The molecule has 0 aliphatic carbocycles. The Balaban J connectivity index is 1.22. The quantitative estimate of drug-likeness (QED) is 0.166. The SMILES string of the molecule is Cn1c(-c2ccccc2)c(-c2ccccc2)c2c3ccc(N(c4ccc(-c5ccccc5)cc4)c4ccc(-c5ccccc5)cc4)cc3ccc21. The van der Waals surface area contributed by atoms with Gasteiger partial charge >= 0.3 is 0 Å². The summed E-state index contributed by atoms with van der Waals surface area (Å²) in [7, 11) is 2.19. The Kier molecular flexibility index (Phi) is 7.75. The highest BCUT2D eigenvalue weighted by atomic mass is 15.1. The fraction of sp³-hybridized carbons (Fsp3) is 0.0204. The fourth-order valence-corrected chi connectivity index (χ4v) is 7.53. The van der Waals surface area contributed by atoms with Crippen LogP contribution in [0.3, 0.4) is 0 Å². The van der Waals surface area contributed by atoms with Gasteiger partial charge in [-0.3, -0.25) is 0 Å². The maximum atomic E-state index is 2.37. The van der Waals surface area contributed by atoms with E-state index in [1.807, 2.05) is 0 Å². The lowest BCUT2D eigenvalue weighted by molar-refractivity contribution is 0.979. The van der Waals surface area contributed by atoms with E-state index in [1.54, 1.807) is 0 Å². The molecule has 0 bridgehead atoms. The molecule has 0 saturated carbocycles. The number of hydrogen-bond acceptors (Lipinski definition) is 1. The zero-order valence-corrected chi connectivity index (χ0v) is 28.4. The first-order valence-electron chi connectivity index (χ1n) is 17.5. The molecule has 0 radical (unpaired) electrons. The van der Waals surface area contributed by atoms with E-state index in [0.717, 1.165) is 17.1 Å². The molecule has 9 aromatic rings. The van der Waals surface area contributed by atoms with Crippen molar-refractivity contribution in [2.45, 2.75) is 0 Å². The number of aromatic nitrogens is 1. The normalized spacial score (nSPS) is 11.2. The van der Waals surface area contributed by atoms with Gasteiger partial charge in [0.1, 0.15) is 0 Å². The summed E-state index contributed by atoms with van der Waals surface area (Å²) in [5.74, 6) is 0. The van der Waals surface area contributed by atoms with Gasteiger partial charge in [0.25, 0.3) is 0 Å². The Morgan fingerprint density at radius 1 is 0.373 bits per heavy atom. The average Bonchev–Trinajstić information content (AvgIpc) is 3.52. The third-order valence-electron chi connectivity index (χ3n) is 10.00. The number of hydrogen-bond donors (Lipinski definition) is 0. The second-order valence-electron chi connectivity index (χ2n) is 13.0. The number of rotatable bonds is 7. The molecule has 2 nitrogen and oxygen atoms in total. The van der Waals surface area contributed by atoms with E-state index in [-0.39, 0.29) is 0 Å². The Morgan fingerprint density at radius 3 is 1.31 bits per heavy atom. The van der Waals surface area contributed by atoms with E-state index in [1.165, 1.54) is 66.3 Å². The van der Waals surface area contributed by atoms with Crippen LogP contribution in [0.25, 0.3) is 66.3 Å². The molecule has 0 aliphatic heterocycles. The number of aryl methyl sites for hydroxylation is 1. The Hall–Kier alpha value is -6.64. The van der Waals surface area contributed by atoms with Crippen LogP contribution >= 0.6 is 0 Å². The van der Waals surface area contributed by atoms with Crippen LogP contribution in [0.5, 0.6) is 0 Å². The van der Waals surface area contributed by atoms with Gasteiger partial charge in [0, 0.05) is 40.6 Å². The van der Waals surface area contributed by atoms with Crippen molar-refractivity contribution in [3.05, 3.63) is 200 Å². The fourth-order valence-electron chi connectivity index (χ4n) is 7.53. The highest BCUT2D eigenvalue weighted by Gasteiger charge is 2.21. The third-order valence-corrected chi connectivity index (χ3v) is 10.00. The molecule has 0 amide bonds. The van der Waals surface area contributed by atoms with Crippen LogP contribution in [0.1, 0.15) is 0 Å². The van der Waals surface area contributed by atoms with Crippen molar-refractivity contribution in [3.8, 4) is 44.6 Å². The summed E-state index contributed by atoms with van der Waals surface area (Å²) in [6.45, 7) is 0. The first kappa shape index (κ1) is 30.4. The Bertz CT molecular complexity index is 2500. The van der Waals surface area contributed by atoms with Gasteiger partial charge in [-0.1, -0.05) is 158 Å². The molecule has 0 aliphatic rings. The highest BCUT2D eigenvalue weighted by molar-refractivity contribution is 6.18. The van der Waals surface area contributed by atoms with Crippen molar-refractivity contribution in [1.29, 1.82) is 0 Å². The molecular weight excluding hydrogens is 617 g/mol. The maximum Gasteiger partial charge on any atom is 0.0568 e. The lowest BCUT2D eigenvalue weighted by Gasteiger charge is -2.26. The van der Waals surface area contributed by atoms with Gasteiger partial charge in [-0.05, 0) is 86.6 Å². The molecule has 51 heavy (non-hydrogen) atoms. The predicted molar refractivity (Wildman–Crippen MR) is 217 cm³/mol. The van der Waals surface area contributed by atoms with Gasteiger partial charge in [-0.25, -0.2) is 0 Å². The smallest absolute Gasteiger partial charge is 0.0568 e. The van der Waals surface area contributed by atoms with Crippen LogP contribution in [0, 0.1) is 0 Å². The van der Waals surface area contributed by atoms with Gasteiger partial charge in [-0.15, -0.1) is 0 Å². The molecule has 1 aromatic heterocycles. The third kappa shape index (κ3) is 5.57. The van der Waals surface area contributed by atoms with Crippen molar-refractivity contribution in [3.63, 3.8) is 0 Å². The monoisotopic (exact) mass is 652 g/mol. The molecule has 8 aromatic carbocycles. The zero-order chi connectivity index (χ0) is 34.1. The summed E-state index contributed by atoms with van der Waals surface area (Å²) in [5.41, 5.74) is 14.3. The predicted octanol–water partition coefficient (Wildman–Crippen LogP) is 13.5. The van der Waals surface area contributed by atoms with Crippen molar-refractivity contribution in [1.82, 2.24) is 4.57 Å². The standard InChI is InChI=1S/C49H36N2/c1-50-46-33-26-41-34-44(31-32-45(41)48(46)47(39-18-10-4-11-19-39)49(50)40-20-12-5-13-21-40)51(42-27-22-37(23-28-42)35-14-6-2-7-15-35)43-29-24-38(25-30-43)36-16-8-3-9-17-36/h2-34H,1H3. The number of anilines is 3. The topological polar surface area (TPSA) is 8.17 Å². The van der Waals surface area contributed by atoms with Gasteiger partial charge in [0.05, 0.1) is 5.69 Å². The molecule has 0 atom stereocenters.